The van der Waals surface area contributed by atoms with Gasteiger partial charge in [-0.1, -0.05) is 38.1 Å². The zero-order valence-corrected chi connectivity index (χ0v) is 13.0. The summed E-state index contributed by atoms with van der Waals surface area (Å²) in [5.74, 6) is -0.325. The Labute approximate surface area is 125 Å². The summed E-state index contributed by atoms with van der Waals surface area (Å²) in [5, 5.41) is 13.7. The lowest BCUT2D eigenvalue weighted by Crippen LogP contribution is -2.11. The molecule has 0 atom stereocenters. The molecule has 4 nitrogen and oxygen atoms in total. The minimum Gasteiger partial charge on any atom is -0.477 e. The van der Waals surface area contributed by atoms with E-state index in [1.54, 1.807) is 10.7 Å². The van der Waals surface area contributed by atoms with Gasteiger partial charge in [-0.2, -0.15) is 5.10 Å². The summed E-state index contributed by atoms with van der Waals surface area (Å²) in [6.07, 6.45) is 1.04. The van der Waals surface area contributed by atoms with E-state index in [0.29, 0.717) is 11.6 Å². The van der Waals surface area contributed by atoms with Crippen molar-refractivity contribution in [3.8, 4) is 11.3 Å². The van der Waals surface area contributed by atoms with Gasteiger partial charge in [-0.25, -0.2) is 4.79 Å². The Morgan fingerprint density at radius 2 is 1.81 bits per heavy atom. The van der Waals surface area contributed by atoms with Crippen LogP contribution < -0.4 is 0 Å². The standard InChI is InChI=1S/C17H22N2O2/c1-11(2)9-13-5-7-14(8-6-13)15-10-16(17(20)21)19(18-15)12(3)4/h5-8,10-12H,9H2,1-4H3,(H,20,21). The van der Waals surface area contributed by atoms with Crippen molar-refractivity contribution < 1.29 is 9.90 Å². The molecule has 0 saturated heterocycles. The van der Waals surface area contributed by atoms with Crippen LogP contribution in [0.1, 0.15) is 49.8 Å². The fourth-order valence-corrected chi connectivity index (χ4v) is 2.37. The molecule has 1 aromatic carbocycles. The maximum absolute atomic E-state index is 11.3. The number of carbonyl (C=O) groups is 1. The zero-order valence-electron chi connectivity index (χ0n) is 13.0. The molecule has 0 amide bonds. The highest BCUT2D eigenvalue weighted by molar-refractivity contribution is 5.87. The Morgan fingerprint density at radius 1 is 1.19 bits per heavy atom. The molecule has 1 N–H and O–H groups in total. The van der Waals surface area contributed by atoms with Gasteiger partial charge in [-0.05, 0) is 37.8 Å². The van der Waals surface area contributed by atoms with Gasteiger partial charge in [-0.15, -0.1) is 0 Å². The number of hydrogen-bond donors (Lipinski definition) is 1. The van der Waals surface area contributed by atoms with Crippen molar-refractivity contribution in [3.63, 3.8) is 0 Å². The lowest BCUT2D eigenvalue weighted by Gasteiger charge is -2.07. The van der Waals surface area contributed by atoms with E-state index >= 15 is 0 Å². The van der Waals surface area contributed by atoms with Gasteiger partial charge in [0.2, 0.25) is 0 Å². The summed E-state index contributed by atoms with van der Waals surface area (Å²) in [4.78, 5) is 11.3. The number of nitrogens with zero attached hydrogens (tertiary/aromatic N) is 2. The smallest absolute Gasteiger partial charge is 0.354 e. The van der Waals surface area contributed by atoms with Crippen LogP contribution in [0.5, 0.6) is 0 Å². The van der Waals surface area contributed by atoms with Crippen molar-refractivity contribution in [2.24, 2.45) is 5.92 Å². The second-order valence-corrected chi connectivity index (χ2v) is 6.05. The molecule has 0 aliphatic heterocycles. The molecule has 2 rings (SSSR count). The number of carboxylic acid groups (broad SMARTS) is 1. The molecule has 1 heterocycles. The zero-order chi connectivity index (χ0) is 15.6. The van der Waals surface area contributed by atoms with Gasteiger partial charge in [0, 0.05) is 11.6 Å². The minimum absolute atomic E-state index is 0.0186. The molecule has 0 bridgehead atoms. The summed E-state index contributed by atoms with van der Waals surface area (Å²) in [6.45, 7) is 8.23. The molecule has 4 heteroatoms. The Morgan fingerprint density at radius 3 is 2.24 bits per heavy atom. The third kappa shape index (κ3) is 3.51. The Balaban J connectivity index is 2.34. The van der Waals surface area contributed by atoms with Crippen LogP contribution in [0.15, 0.2) is 30.3 Å². The molecule has 2 aromatic rings. The van der Waals surface area contributed by atoms with E-state index in [0.717, 1.165) is 12.0 Å². The highest BCUT2D eigenvalue weighted by atomic mass is 16.4. The SMILES string of the molecule is CC(C)Cc1ccc(-c2cc(C(=O)O)n(C(C)C)n2)cc1. The predicted octanol–water partition coefficient (Wildman–Crippen LogP) is 4.03. The van der Waals surface area contributed by atoms with Gasteiger partial charge in [0.1, 0.15) is 5.69 Å². The van der Waals surface area contributed by atoms with Gasteiger partial charge in [0.15, 0.2) is 0 Å². The first kappa shape index (κ1) is 15.3. The summed E-state index contributed by atoms with van der Waals surface area (Å²) in [6, 6.07) is 9.85. The molecule has 0 aliphatic rings. The fraction of sp³-hybridized carbons (Fsp3) is 0.412. The Bertz CT molecular complexity index is 625. The van der Waals surface area contributed by atoms with Crippen LogP contribution in [0.25, 0.3) is 11.3 Å². The first-order chi connectivity index (χ1) is 9.88. The highest BCUT2D eigenvalue weighted by Crippen LogP contribution is 2.22. The van der Waals surface area contributed by atoms with Crippen LogP contribution in [0.2, 0.25) is 0 Å². The summed E-state index contributed by atoms with van der Waals surface area (Å²) in [7, 11) is 0. The molecule has 0 fully saturated rings. The lowest BCUT2D eigenvalue weighted by atomic mass is 10.0. The first-order valence-corrected chi connectivity index (χ1v) is 7.30. The van der Waals surface area contributed by atoms with Crippen molar-refractivity contribution in [2.75, 3.05) is 0 Å². The second kappa shape index (κ2) is 6.12. The Kier molecular flexibility index (Phi) is 4.46. The summed E-state index contributed by atoms with van der Waals surface area (Å²) < 4.78 is 1.56. The molecular formula is C17H22N2O2. The number of hydrogen-bond acceptors (Lipinski definition) is 2. The van der Waals surface area contributed by atoms with Crippen molar-refractivity contribution in [1.82, 2.24) is 9.78 Å². The van der Waals surface area contributed by atoms with Crippen molar-refractivity contribution in [3.05, 3.63) is 41.6 Å². The van der Waals surface area contributed by atoms with Crippen LogP contribution in [0.4, 0.5) is 0 Å². The second-order valence-electron chi connectivity index (χ2n) is 6.05. The van der Waals surface area contributed by atoms with Gasteiger partial charge >= 0.3 is 5.97 Å². The summed E-state index contributed by atoms with van der Waals surface area (Å²) >= 11 is 0. The van der Waals surface area contributed by atoms with Crippen LogP contribution in [-0.4, -0.2) is 20.9 Å². The van der Waals surface area contributed by atoms with Crippen molar-refractivity contribution in [1.29, 1.82) is 0 Å². The van der Waals surface area contributed by atoms with Gasteiger partial charge in [-0.3, -0.25) is 4.68 Å². The Hall–Kier alpha value is -2.10. The number of aromatic carboxylic acids is 1. The van der Waals surface area contributed by atoms with Crippen LogP contribution in [0.3, 0.4) is 0 Å². The monoisotopic (exact) mass is 286 g/mol. The van der Waals surface area contributed by atoms with E-state index in [2.05, 4.69) is 31.1 Å². The normalized spacial score (nSPS) is 11.3. The number of carboxylic acids is 1. The molecule has 0 radical (unpaired) electrons. The maximum atomic E-state index is 11.3. The van der Waals surface area contributed by atoms with Gasteiger partial charge in [0.25, 0.3) is 0 Å². The molecular weight excluding hydrogens is 264 g/mol. The maximum Gasteiger partial charge on any atom is 0.354 e. The van der Waals surface area contributed by atoms with E-state index in [1.165, 1.54) is 5.56 Å². The van der Waals surface area contributed by atoms with E-state index in [1.807, 2.05) is 26.0 Å². The van der Waals surface area contributed by atoms with Gasteiger partial charge < -0.3 is 5.11 Å². The fourth-order valence-electron chi connectivity index (χ4n) is 2.37. The first-order valence-electron chi connectivity index (χ1n) is 7.30. The van der Waals surface area contributed by atoms with Crippen LogP contribution >= 0.6 is 0 Å². The molecule has 21 heavy (non-hydrogen) atoms. The van der Waals surface area contributed by atoms with E-state index < -0.39 is 5.97 Å². The van der Waals surface area contributed by atoms with Crippen molar-refractivity contribution >= 4 is 5.97 Å². The molecule has 0 unspecified atom stereocenters. The number of benzene rings is 1. The predicted molar refractivity (Wildman–Crippen MR) is 83.5 cm³/mol. The number of rotatable bonds is 5. The minimum atomic E-state index is -0.945. The molecule has 0 aliphatic carbocycles. The third-order valence-electron chi connectivity index (χ3n) is 3.34. The summed E-state index contributed by atoms with van der Waals surface area (Å²) in [5.41, 5.74) is 3.17. The average molecular weight is 286 g/mol. The largest absolute Gasteiger partial charge is 0.477 e. The van der Waals surface area contributed by atoms with E-state index in [-0.39, 0.29) is 11.7 Å². The highest BCUT2D eigenvalue weighted by Gasteiger charge is 2.17. The van der Waals surface area contributed by atoms with Crippen LogP contribution in [0, 0.1) is 5.92 Å². The average Bonchev–Trinajstić information content (AvgIpc) is 2.84. The van der Waals surface area contributed by atoms with E-state index in [4.69, 9.17) is 0 Å². The van der Waals surface area contributed by atoms with E-state index in [9.17, 15) is 9.90 Å². The van der Waals surface area contributed by atoms with Crippen molar-refractivity contribution in [2.45, 2.75) is 40.2 Å². The quantitative estimate of drug-likeness (QED) is 0.903. The lowest BCUT2D eigenvalue weighted by molar-refractivity contribution is 0.0681. The molecule has 0 saturated carbocycles. The molecule has 1 aromatic heterocycles. The third-order valence-corrected chi connectivity index (χ3v) is 3.34. The topological polar surface area (TPSA) is 55.1 Å². The molecule has 0 spiro atoms. The number of aromatic nitrogens is 2. The van der Waals surface area contributed by atoms with Gasteiger partial charge in [0.05, 0.1) is 5.69 Å². The molecule has 112 valence electrons. The van der Waals surface area contributed by atoms with Crippen LogP contribution in [-0.2, 0) is 6.42 Å².